The number of aryl methyl sites for hydroxylation is 2. The zero-order valence-electron chi connectivity index (χ0n) is 15.9. The molecule has 2 aromatic carbocycles. The minimum atomic E-state index is -0.188. The predicted molar refractivity (Wildman–Crippen MR) is 116 cm³/mol. The monoisotopic (exact) mass is 402 g/mol. The number of amidine groups is 1. The van der Waals surface area contributed by atoms with Crippen molar-refractivity contribution in [2.75, 3.05) is 0 Å². The minimum Gasteiger partial charge on any atom is -0.465 e. The van der Waals surface area contributed by atoms with Crippen molar-refractivity contribution < 1.29 is 9.21 Å². The van der Waals surface area contributed by atoms with Crippen molar-refractivity contribution in [1.29, 1.82) is 0 Å². The number of hydrogen-bond acceptors (Lipinski definition) is 6. The van der Waals surface area contributed by atoms with Crippen LogP contribution in [0.2, 0.25) is 0 Å². The van der Waals surface area contributed by atoms with Crippen molar-refractivity contribution in [1.82, 2.24) is 5.32 Å². The van der Waals surface area contributed by atoms with E-state index in [1.165, 1.54) is 11.8 Å². The second-order valence-electron chi connectivity index (χ2n) is 6.45. The fourth-order valence-electron chi connectivity index (χ4n) is 2.71. The van der Waals surface area contributed by atoms with Crippen molar-refractivity contribution in [3.05, 3.63) is 82.7 Å². The van der Waals surface area contributed by atoms with E-state index in [0.29, 0.717) is 15.8 Å². The normalized spacial score (nSPS) is 16.8. The number of carbonyl (C=O) groups excluding carboxylic acids is 1. The fourth-order valence-corrected chi connectivity index (χ4v) is 3.52. The van der Waals surface area contributed by atoms with Gasteiger partial charge in [-0.25, -0.2) is 4.99 Å². The molecule has 0 radical (unpaired) electrons. The van der Waals surface area contributed by atoms with Gasteiger partial charge in [0.1, 0.15) is 5.76 Å². The van der Waals surface area contributed by atoms with Gasteiger partial charge in [-0.2, -0.15) is 10.2 Å². The van der Waals surface area contributed by atoms with Crippen LogP contribution in [0.4, 0.5) is 17.1 Å². The van der Waals surface area contributed by atoms with Crippen LogP contribution in [0.3, 0.4) is 0 Å². The number of aliphatic imine (C=N–C) groups is 1. The molecule has 144 valence electrons. The van der Waals surface area contributed by atoms with E-state index in [1.54, 1.807) is 24.5 Å². The summed E-state index contributed by atoms with van der Waals surface area (Å²) in [7, 11) is 0. The van der Waals surface area contributed by atoms with E-state index in [2.05, 4.69) is 20.5 Å². The Morgan fingerprint density at radius 3 is 2.59 bits per heavy atom. The maximum absolute atomic E-state index is 12.1. The molecule has 1 saturated heterocycles. The first-order valence-electron chi connectivity index (χ1n) is 8.99. The van der Waals surface area contributed by atoms with Crippen LogP contribution in [-0.2, 0) is 4.79 Å². The zero-order valence-corrected chi connectivity index (χ0v) is 16.7. The Bertz CT molecular complexity index is 1150. The van der Waals surface area contributed by atoms with Crippen LogP contribution in [0.25, 0.3) is 6.08 Å². The maximum Gasteiger partial charge on any atom is 0.264 e. The SMILES string of the molecule is Cc1ccccc1N=Nc1ccc(N=C2NC(=O)/C(=C/c3ccco3)S2)c(C)c1. The molecule has 1 aromatic heterocycles. The summed E-state index contributed by atoms with van der Waals surface area (Å²) in [6.45, 7) is 3.95. The van der Waals surface area contributed by atoms with Crippen molar-refractivity contribution in [3.63, 3.8) is 0 Å². The number of hydrogen-bond donors (Lipinski definition) is 1. The molecule has 1 amide bonds. The van der Waals surface area contributed by atoms with E-state index in [4.69, 9.17) is 4.42 Å². The smallest absolute Gasteiger partial charge is 0.264 e. The number of rotatable bonds is 4. The topological polar surface area (TPSA) is 79.3 Å². The van der Waals surface area contributed by atoms with Crippen LogP contribution in [0.5, 0.6) is 0 Å². The van der Waals surface area contributed by atoms with E-state index in [0.717, 1.165) is 28.2 Å². The Morgan fingerprint density at radius 2 is 1.83 bits per heavy atom. The molecule has 0 aliphatic carbocycles. The Hall–Kier alpha value is -3.45. The van der Waals surface area contributed by atoms with E-state index in [-0.39, 0.29) is 5.91 Å². The lowest BCUT2D eigenvalue weighted by Crippen LogP contribution is -2.19. The highest BCUT2D eigenvalue weighted by atomic mass is 32.2. The molecular formula is C22H18N4O2S. The third-order valence-electron chi connectivity index (χ3n) is 4.26. The third-order valence-corrected chi connectivity index (χ3v) is 5.17. The number of thioether (sulfide) groups is 1. The third kappa shape index (κ3) is 4.52. The first-order valence-corrected chi connectivity index (χ1v) is 9.81. The Morgan fingerprint density at radius 1 is 0.966 bits per heavy atom. The van der Waals surface area contributed by atoms with Gasteiger partial charge in [-0.3, -0.25) is 4.79 Å². The highest BCUT2D eigenvalue weighted by Crippen LogP contribution is 2.31. The predicted octanol–water partition coefficient (Wildman–Crippen LogP) is 6.20. The highest BCUT2D eigenvalue weighted by molar-refractivity contribution is 8.18. The van der Waals surface area contributed by atoms with Gasteiger partial charge in [0.25, 0.3) is 5.91 Å². The van der Waals surface area contributed by atoms with E-state index in [1.807, 2.05) is 56.3 Å². The molecule has 1 fully saturated rings. The lowest BCUT2D eigenvalue weighted by Gasteiger charge is -2.03. The molecule has 1 aliphatic rings. The summed E-state index contributed by atoms with van der Waals surface area (Å²) < 4.78 is 5.26. The number of nitrogens with one attached hydrogen (secondary N) is 1. The summed E-state index contributed by atoms with van der Waals surface area (Å²) in [6.07, 6.45) is 3.27. The molecule has 2 heterocycles. The number of azo groups is 1. The van der Waals surface area contributed by atoms with Gasteiger partial charge in [-0.1, -0.05) is 18.2 Å². The molecule has 0 unspecified atom stereocenters. The second kappa shape index (κ2) is 8.28. The molecule has 7 heteroatoms. The highest BCUT2D eigenvalue weighted by Gasteiger charge is 2.24. The van der Waals surface area contributed by atoms with Gasteiger partial charge in [0.2, 0.25) is 0 Å². The summed E-state index contributed by atoms with van der Waals surface area (Å²) in [5.41, 5.74) is 4.37. The quantitative estimate of drug-likeness (QED) is 0.416. The molecule has 3 aromatic rings. The standard InChI is InChI=1S/C22H18N4O2S/c1-14-6-3-4-8-19(14)26-25-16-9-10-18(15(2)12-16)23-22-24-21(27)20(29-22)13-17-7-5-11-28-17/h3-13H,1-2H3,(H,23,24,27)/b20-13-,26-25?. The summed E-state index contributed by atoms with van der Waals surface area (Å²) in [5.74, 6) is 0.440. The minimum absolute atomic E-state index is 0.188. The van der Waals surface area contributed by atoms with Crippen molar-refractivity contribution >= 4 is 46.0 Å². The molecule has 0 saturated carbocycles. The van der Waals surface area contributed by atoms with Gasteiger partial charge >= 0.3 is 0 Å². The number of furan rings is 1. The Balaban J connectivity index is 1.51. The van der Waals surface area contributed by atoms with Gasteiger partial charge in [0.05, 0.1) is 28.2 Å². The molecule has 0 bridgehead atoms. The second-order valence-corrected chi connectivity index (χ2v) is 7.49. The van der Waals surface area contributed by atoms with E-state index < -0.39 is 0 Å². The van der Waals surface area contributed by atoms with Gasteiger partial charge in [0.15, 0.2) is 5.17 Å². The lowest BCUT2D eigenvalue weighted by atomic mass is 10.2. The molecular weight excluding hydrogens is 384 g/mol. The largest absolute Gasteiger partial charge is 0.465 e. The van der Waals surface area contributed by atoms with Crippen molar-refractivity contribution in [2.24, 2.45) is 15.2 Å². The molecule has 0 atom stereocenters. The van der Waals surface area contributed by atoms with Crippen LogP contribution in [-0.4, -0.2) is 11.1 Å². The Kier molecular flexibility index (Phi) is 5.39. The molecule has 0 spiro atoms. The summed E-state index contributed by atoms with van der Waals surface area (Å²) in [6, 6.07) is 17.1. The first kappa shape index (κ1) is 18.9. The fraction of sp³-hybridized carbons (Fsp3) is 0.0909. The molecule has 4 rings (SSSR count). The van der Waals surface area contributed by atoms with E-state index >= 15 is 0 Å². The van der Waals surface area contributed by atoms with Gasteiger partial charge in [0, 0.05) is 6.08 Å². The van der Waals surface area contributed by atoms with Crippen molar-refractivity contribution in [3.8, 4) is 0 Å². The number of carbonyl (C=O) groups is 1. The summed E-state index contributed by atoms with van der Waals surface area (Å²) in [4.78, 5) is 17.2. The summed E-state index contributed by atoms with van der Waals surface area (Å²) >= 11 is 1.28. The number of benzene rings is 2. The van der Waals surface area contributed by atoms with Crippen LogP contribution in [0.1, 0.15) is 16.9 Å². The van der Waals surface area contributed by atoms with Crippen molar-refractivity contribution in [2.45, 2.75) is 13.8 Å². The molecule has 1 N–H and O–H groups in total. The summed E-state index contributed by atoms with van der Waals surface area (Å²) in [5, 5.41) is 12.0. The average molecular weight is 402 g/mol. The van der Waals surface area contributed by atoms with Gasteiger partial charge < -0.3 is 9.73 Å². The lowest BCUT2D eigenvalue weighted by molar-refractivity contribution is -0.115. The van der Waals surface area contributed by atoms with Crippen LogP contribution in [0.15, 0.2) is 85.4 Å². The van der Waals surface area contributed by atoms with Crippen LogP contribution in [0, 0.1) is 13.8 Å². The molecule has 1 aliphatic heterocycles. The van der Waals surface area contributed by atoms with Crippen LogP contribution < -0.4 is 5.32 Å². The zero-order chi connectivity index (χ0) is 20.2. The van der Waals surface area contributed by atoms with E-state index in [9.17, 15) is 4.79 Å². The molecule has 29 heavy (non-hydrogen) atoms. The maximum atomic E-state index is 12.1. The first-order chi connectivity index (χ1) is 14.1. The van der Waals surface area contributed by atoms with Gasteiger partial charge in [-0.05, 0) is 73.1 Å². The number of amides is 1. The van der Waals surface area contributed by atoms with Gasteiger partial charge in [-0.15, -0.1) is 0 Å². The molecule has 6 nitrogen and oxygen atoms in total. The van der Waals surface area contributed by atoms with Crippen LogP contribution >= 0.6 is 11.8 Å². The number of nitrogens with zero attached hydrogens (tertiary/aromatic N) is 3. The Labute approximate surface area is 172 Å². The average Bonchev–Trinajstić information content (AvgIpc) is 3.33.